The summed E-state index contributed by atoms with van der Waals surface area (Å²) in [4.78, 5) is 23.8. The number of amides is 1. The van der Waals surface area contributed by atoms with Crippen LogP contribution in [-0.2, 0) is 9.59 Å². The van der Waals surface area contributed by atoms with Gasteiger partial charge in [-0.05, 0) is 13.3 Å². The molecular formula is C8H9NO2. The van der Waals surface area contributed by atoms with E-state index in [-0.39, 0.29) is 17.7 Å². The van der Waals surface area contributed by atoms with E-state index >= 15 is 0 Å². The van der Waals surface area contributed by atoms with E-state index in [1.807, 2.05) is 0 Å². The fourth-order valence-corrected chi connectivity index (χ4v) is 1.65. The van der Waals surface area contributed by atoms with Gasteiger partial charge in [-0.25, -0.2) is 0 Å². The van der Waals surface area contributed by atoms with Gasteiger partial charge in [0, 0.05) is 18.2 Å². The van der Waals surface area contributed by atoms with Crippen LogP contribution in [0.4, 0.5) is 0 Å². The van der Waals surface area contributed by atoms with E-state index in [1.165, 1.54) is 0 Å². The van der Waals surface area contributed by atoms with E-state index in [9.17, 15) is 9.59 Å². The van der Waals surface area contributed by atoms with Gasteiger partial charge >= 0.3 is 0 Å². The van der Waals surface area contributed by atoms with E-state index in [0.29, 0.717) is 6.42 Å². The Hall–Kier alpha value is -1.12. The number of rotatable bonds is 0. The van der Waals surface area contributed by atoms with Gasteiger partial charge in [0.15, 0.2) is 5.78 Å². The SMILES string of the molecule is C[C@H]1C(=O)C=C2CCC(=O)N21. The van der Waals surface area contributed by atoms with E-state index in [4.69, 9.17) is 0 Å². The predicted octanol–water partition coefficient (Wildman–Crippen LogP) is 0.464. The van der Waals surface area contributed by atoms with Crippen molar-refractivity contribution in [3.05, 3.63) is 11.8 Å². The van der Waals surface area contributed by atoms with E-state index in [0.717, 1.165) is 12.1 Å². The monoisotopic (exact) mass is 151 g/mol. The molecule has 1 atom stereocenters. The third kappa shape index (κ3) is 0.737. The quantitative estimate of drug-likeness (QED) is 0.504. The third-order valence-electron chi connectivity index (χ3n) is 2.28. The zero-order valence-electron chi connectivity index (χ0n) is 6.33. The highest BCUT2D eigenvalue weighted by atomic mass is 16.2. The molecule has 0 N–H and O–H groups in total. The van der Waals surface area contributed by atoms with Gasteiger partial charge in [-0.15, -0.1) is 0 Å². The van der Waals surface area contributed by atoms with Crippen LogP contribution in [0.2, 0.25) is 0 Å². The number of hydrogen-bond acceptors (Lipinski definition) is 2. The highest BCUT2D eigenvalue weighted by molar-refractivity contribution is 6.02. The first-order valence-corrected chi connectivity index (χ1v) is 3.76. The van der Waals surface area contributed by atoms with Crippen LogP contribution in [0.3, 0.4) is 0 Å². The van der Waals surface area contributed by atoms with Crippen molar-refractivity contribution in [2.24, 2.45) is 0 Å². The Morgan fingerprint density at radius 3 is 2.82 bits per heavy atom. The van der Waals surface area contributed by atoms with Crippen molar-refractivity contribution < 1.29 is 9.59 Å². The van der Waals surface area contributed by atoms with Crippen molar-refractivity contribution in [1.82, 2.24) is 4.90 Å². The Balaban J connectivity index is 2.38. The third-order valence-corrected chi connectivity index (χ3v) is 2.28. The lowest BCUT2D eigenvalue weighted by molar-refractivity contribution is -0.131. The zero-order valence-corrected chi connectivity index (χ0v) is 6.33. The molecule has 0 aromatic carbocycles. The molecule has 1 amide bonds. The molecule has 0 unspecified atom stereocenters. The molecule has 3 nitrogen and oxygen atoms in total. The lowest BCUT2D eigenvalue weighted by Gasteiger charge is -2.16. The fraction of sp³-hybridized carbons (Fsp3) is 0.500. The van der Waals surface area contributed by atoms with Crippen LogP contribution < -0.4 is 0 Å². The smallest absolute Gasteiger partial charge is 0.227 e. The molecule has 0 aromatic rings. The first-order chi connectivity index (χ1) is 5.20. The number of carbonyl (C=O) groups is 2. The summed E-state index contributed by atoms with van der Waals surface area (Å²) in [5.41, 5.74) is 0.910. The summed E-state index contributed by atoms with van der Waals surface area (Å²) in [6, 6.07) is -0.236. The van der Waals surface area contributed by atoms with Crippen molar-refractivity contribution in [3.8, 4) is 0 Å². The maximum absolute atomic E-state index is 11.1. The molecule has 58 valence electrons. The van der Waals surface area contributed by atoms with Crippen LogP contribution in [0.5, 0.6) is 0 Å². The highest BCUT2D eigenvalue weighted by Gasteiger charge is 2.37. The van der Waals surface area contributed by atoms with Crippen LogP contribution in [0, 0.1) is 0 Å². The van der Waals surface area contributed by atoms with E-state index in [2.05, 4.69) is 0 Å². The fourth-order valence-electron chi connectivity index (χ4n) is 1.65. The van der Waals surface area contributed by atoms with Crippen LogP contribution >= 0.6 is 0 Å². The Morgan fingerprint density at radius 1 is 1.45 bits per heavy atom. The van der Waals surface area contributed by atoms with Crippen LogP contribution in [0.25, 0.3) is 0 Å². The molecule has 3 heteroatoms. The second-order valence-corrected chi connectivity index (χ2v) is 2.98. The molecule has 0 aliphatic carbocycles. The van der Waals surface area contributed by atoms with Crippen molar-refractivity contribution in [1.29, 1.82) is 0 Å². The molecule has 0 radical (unpaired) electrons. The lowest BCUT2D eigenvalue weighted by atomic mass is 10.2. The summed E-state index contributed by atoms with van der Waals surface area (Å²) < 4.78 is 0. The lowest BCUT2D eigenvalue weighted by Crippen LogP contribution is -2.32. The first-order valence-electron chi connectivity index (χ1n) is 3.76. The number of carbonyl (C=O) groups excluding carboxylic acids is 2. The second-order valence-electron chi connectivity index (χ2n) is 2.98. The molecule has 2 rings (SSSR count). The van der Waals surface area contributed by atoms with Crippen molar-refractivity contribution in [3.63, 3.8) is 0 Å². The Labute approximate surface area is 64.7 Å². The summed E-state index contributed by atoms with van der Waals surface area (Å²) in [6.07, 6.45) is 2.91. The van der Waals surface area contributed by atoms with Crippen LogP contribution in [0.1, 0.15) is 19.8 Å². The Bertz CT molecular complexity index is 267. The molecule has 2 aliphatic rings. The highest BCUT2D eigenvalue weighted by Crippen LogP contribution is 2.29. The Morgan fingerprint density at radius 2 is 2.18 bits per heavy atom. The molecule has 1 fully saturated rings. The summed E-state index contributed by atoms with van der Waals surface area (Å²) in [5, 5.41) is 0. The van der Waals surface area contributed by atoms with E-state index < -0.39 is 0 Å². The van der Waals surface area contributed by atoms with Crippen molar-refractivity contribution in [2.45, 2.75) is 25.8 Å². The zero-order chi connectivity index (χ0) is 8.01. The second kappa shape index (κ2) is 1.94. The van der Waals surface area contributed by atoms with E-state index in [1.54, 1.807) is 17.9 Å². The van der Waals surface area contributed by atoms with Gasteiger partial charge < -0.3 is 4.90 Å². The van der Waals surface area contributed by atoms with Gasteiger partial charge in [0.1, 0.15) is 0 Å². The number of hydrogen-bond donors (Lipinski definition) is 0. The maximum atomic E-state index is 11.1. The summed E-state index contributed by atoms with van der Waals surface area (Å²) in [5.74, 6) is 0.155. The standard InChI is InChI=1S/C8H9NO2/c1-5-7(10)4-6-2-3-8(11)9(5)6/h4-5H,2-3H2,1H3/t5-/m0/s1. The molecule has 11 heavy (non-hydrogen) atoms. The number of ketones is 1. The summed E-state index contributed by atoms with van der Waals surface area (Å²) in [7, 11) is 0. The molecule has 0 saturated carbocycles. The average Bonchev–Trinajstić information content (AvgIpc) is 2.41. The van der Waals surface area contributed by atoms with Gasteiger partial charge in [0.25, 0.3) is 0 Å². The largest absolute Gasteiger partial charge is 0.305 e. The number of nitrogens with zero attached hydrogens (tertiary/aromatic N) is 1. The average molecular weight is 151 g/mol. The molecular weight excluding hydrogens is 142 g/mol. The normalized spacial score (nSPS) is 29.4. The summed E-state index contributed by atoms with van der Waals surface area (Å²) >= 11 is 0. The van der Waals surface area contributed by atoms with Gasteiger partial charge in [0.05, 0.1) is 6.04 Å². The van der Waals surface area contributed by atoms with Gasteiger partial charge in [-0.3, -0.25) is 9.59 Å². The molecule has 0 bridgehead atoms. The van der Waals surface area contributed by atoms with Crippen LogP contribution in [-0.4, -0.2) is 22.6 Å². The Kier molecular flexibility index (Phi) is 1.16. The minimum atomic E-state index is -0.236. The molecule has 1 saturated heterocycles. The molecule has 2 heterocycles. The number of fused-ring (bicyclic) bond motifs is 1. The molecule has 2 aliphatic heterocycles. The molecule has 0 aromatic heterocycles. The van der Waals surface area contributed by atoms with Crippen molar-refractivity contribution >= 4 is 11.7 Å². The summed E-state index contributed by atoms with van der Waals surface area (Å²) in [6.45, 7) is 1.77. The predicted molar refractivity (Wildman–Crippen MR) is 38.6 cm³/mol. The molecule has 0 spiro atoms. The van der Waals surface area contributed by atoms with Gasteiger partial charge in [0.2, 0.25) is 5.91 Å². The minimum Gasteiger partial charge on any atom is -0.305 e. The van der Waals surface area contributed by atoms with Crippen molar-refractivity contribution in [2.75, 3.05) is 0 Å². The maximum Gasteiger partial charge on any atom is 0.227 e. The van der Waals surface area contributed by atoms with Crippen LogP contribution in [0.15, 0.2) is 11.8 Å². The first kappa shape index (κ1) is 6.58. The van der Waals surface area contributed by atoms with Gasteiger partial charge in [-0.2, -0.15) is 0 Å². The minimum absolute atomic E-state index is 0.0630. The van der Waals surface area contributed by atoms with Gasteiger partial charge in [-0.1, -0.05) is 0 Å². The topological polar surface area (TPSA) is 37.4 Å². The number of allylic oxidation sites excluding steroid dienone is 1.